The Hall–Kier alpha value is -4.54. The zero-order valence-electron chi connectivity index (χ0n) is 32.5. The lowest BCUT2D eigenvalue weighted by Gasteiger charge is -2.36. The minimum absolute atomic E-state index is 0.0103. The average molecular weight is 933 g/mol. The van der Waals surface area contributed by atoms with Crippen molar-refractivity contribution in [1.82, 2.24) is 0 Å². The summed E-state index contributed by atoms with van der Waals surface area (Å²) in [5.74, 6) is -0.393. The van der Waals surface area contributed by atoms with Crippen molar-refractivity contribution in [1.29, 1.82) is 0 Å². The Bertz CT molecular complexity index is 2200. The van der Waals surface area contributed by atoms with Gasteiger partial charge in [0.25, 0.3) is 17.1 Å². The number of aliphatic hydroxyl groups is 2. The highest BCUT2D eigenvalue weighted by atomic mass is 32.2. The second-order valence-electron chi connectivity index (χ2n) is 14.0. The molecule has 2 amide bonds. The molecule has 62 heavy (non-hydrogen) atoms. The van der Waals surface area contributed by atoms with Gasteiger partial charge in [-0.2, -0.15) is 52.7 Å². The minimum atomic E-state index is -5.98. The van der Waals surface area contributed by atoms with Crippen LogP contribution in [0, 0.1) is 0 Å². The molecule has 4 aromatic rings. The van der Waals surface area contributed by atoms with E-state index < -0.39 is 52.9 Å². The molecule has 3 aromatic carbocycles. The summed E-state index contributed by atoms with van der Waals surface area (Å²) in [5, 5.41) is 18.9. The summed E-state index contributed by atoms with van der Waals surface area (Å²) >= 11 is 2.14. The average Bonchev–Trinajstić information content (AvgIpc) is 3.75. The number of rotatable bonds is 8. The first-order valence-electron chi connectivity index (χ1n) is 18.3. The summed E-state index contributed by atoms with van der Waals surface area (Å²) < 4.78 is 169. The number of furan rings is 1. The maximum absolute atomic E-state index is 13.3. The van der Waals surface area contributed by atoms with Gasteiger partial charge in [0.15, 0.2) is 5.76 Å². The maximum Gasteiger partial charge on any atom is 0.430 e. The Morgan fingerprint density at radius 1 is 0.677 bits per heavy atom. The van der Waals surface area contributed by atoms with E-state index in [-0.39, 0.29) is 62.8 Å². The van der Waals surface area contributed by atoms with E-state index in [0.29, 0.717) is 48.4 Å². The molecule has 2 unspecified atom stereocenters. The predicted molar refractivity (Wildman–Crippen MR) is 204 cm³/mol. The van der Waals surface area contributed by atoms with Gasteiger partial charge in [-0.3, -0.25) is 9.59 Å². The summed E-state index contributed by atoms with van der Waals surface area (Å²) in [6.07, 6.45) is -21.6. The van der Waals surface area contributed by atoms with E-state index in [4.69, 9.17) is 9.15 Å². The molecule has 0 radical (unpaired) electrons. The second-order valence-corrected chi connectivity index (χ2v) is 16.7. The van der Waals surface area contributed by atoms with Gasteiger partial charge in [-0.1, -0.05) is 38.1 Å². The third-order valence-electron chi connectivity index (χ3n) is 10.0. The van der Waals surface area contributed by atoms with Gasteiger partial charge in [-0.15, -0.1) is 23.5 Å². The van der Waals surface area contributed by atoms with Crippen LogP contribution in [0.3, 0.4) is 0 Å². The van der Waals surface area contributed by atoms with Crippen molar-refractivity contribution in [3.05, 3.63) is 102 Å². The lowest BCUT2D eigenvalue weighted by molar-refractivity contribution is -0.376. The maximum atomic E-state index is 13.3. The van der Waals surface area contributed by atoms with Gasteiger partial charge < -0.3 is 29.2 Å². The van der Waals surface area contributed by atoms with Crippen LogP contribution in [0.25, 0.3) is 0 Å². The molecule has 0 bridgehead atoms. The van der Waals surface area contributed by atoms with Gasteiger partial charge >= 0.3 is 24.7 Å². The molecule has 2 N–H and O–H groups in total. The number of amides is 2. The third kappa shape index (κ3) is 9.37. The molecule has 1 aromatic heterocycles. The molecule has 8 nitrogen and oxygen atoms in total. The van der Waals surface area contributed by atoms with Gasteiger partial charge in [0.1, 0.15) is 5.75 Å². The molecule has 338 valence electrons. The second kappa shape index (κ2) is 17.9. The number of fused-ring (bicyclic) bond motifs is 2. The summed E-state index contributed by atoms with van der Waals surface area (Å²) in [6, 6.07) is 14.1. The number of anilines is 2. The van der Waals surface area contributed by atoms with E-state index in [1.54, 1.807) is 38.1 Å². The van der Waals surface area contributed by atoms with E-state index in [2.05, 4.69) is 0 Å². The van der Waals surface area contributed by atoms with Crippen LogP contribution in [0.15, 0.2) is 93.3 Å². The summed E-state index contributed by atoms with van der Waals surface area (Å²) in [4.78, 5) is 28.5. The largest absolute Gasteiger partial charge is 0.497 e. The number of thioether (sulfide) groups is 2. The zero-order chi connectivity index (χ0) is 46.2. The predicted octanol–water partition coefficient (Wildman–Crippen LogP) is 10.6. The first-order chi connectivity index (χ1) is 28.7. The smallest absolute Gasteiger partial charge is 0.430 e. The van der Waals surface area contributed by atoms with Crippen molar-refractivity contribution in [3.63, 3.8) is 0 Å². The van der Waals surface area contributed by atoms with Gasteiger partial charge in [0, 0.05) is 44.5 Å². The number of alkyl halides is 12. The van der Waals surface area contributed by atoms with E-state index >= 15 is 0 Å². The highest BCUT2D eigenvalue weighted by Crippen LogP contribution is 2.54. The topological polar surface area (TPSA) is 103 Å². The van der Waals surface area contributed by atoms with Crippen LogP contribution < -0.4 is 14.5 Å². The van der Waals surface area contributed by atoms with E-state index in [0.717, 1.165) is 35.7 Å². The van der Waals surface area contributed by atoms with Crippen LogP contribution in [-0.4, -0.2) is 77.4 Å². The SMILES string of the molecule is CCC1CN(C(=O)Cc2cccc(OC)c2)c2ccc(C(O)(C(F)(F)F)C(F)(F)F)cc2S1.CCC1CN(C(=O)c2ccco2)c2ccc(C(O)(C(F)(F)F)C(F)(F)F)cc2S1. The van der Waals surface area contributed by atoms with Crippen LogP contribution >= 0.6 is 23.5 Å². The Labute approximate surface area is 354 Å². The number of benzene rings is 3. The number of ether oxygens (including phenoxy) is 1. The summed E-state index contributed by atoms with van der Waals surface area (Å²) in [7, 11) is 1.48. The van der Waals surface area contributed by atoms with Crippen molar-refractivity contribution in [2.75, 3.05) is 30.0 Å². The van der Waals surface area contributed by atoms with Crippen molar-refractivity contribution in [2.24, 2.45) is 0 Å². The molecule has 0 spiro atoms. The molecular weight excluding hydrogens is 897 g/mol. The highest BCUT2D eigenvalue weighted by Gasteiger charge is 2.72. The molecule has 0 saturated carbocycles. The molecule has 0 fully saturated rings. The number of hydrogen-bond donors (Lipinski definition) is 2. The van der Waals surface area contributed by atoms with Crippen molar-refractivity contribution >= 4 is 46.7 Å². The Kier molecular flexibility index (Phi) is 14.0. The normalized spacial score (nSPS) is 17.4. The van der Waals surface area contributed by atoms with Crippen LogP contribution in [0.4, 0.5) is 64.1 Å². The van der Waals surface area contributed by atoms with Crippen LogP contribution in [0.1, 0.15) is 53.9 Å². The first-order valence-corrected chi connectivity index (χ1v) is 20.1. The van der Waals surface area contributed by atoms with Crippen LogP contribution in [0.5, 0.6) is 5.75 Å². The van der Waals surface area contributed by atoms with Crippen LogP contribution in [-0.2, 0) is 22.4 Å². The number of methoxy groups -OCH3 is 1. The molecule has 3 heterocycles. The first kappa shape index (κ1) is 48.5. The molecule has 2 aliphatic rings. The minimum Gasteiger partial charge on any atom is -0.497 e. The number of nitrogens with zero attached hydrogens (tertiary/aromatic N) is 2. The lowest BCUT2D eigenvalue weighted by Crippen LogP contribution is -2.54. The fourth-order valence-electron chi connectivity index (χ4n) is 6.57. The number of carbonyl (C=O) groups is 2. The Balaban J connectivity index is 0.000000236. The van der Waals surface area contributed by atoms with Crippen molar-refractivity contribution < 1.29 is 81.6 Å². The van der Waals surface area contributed by atoms with Crippen LogP contribution in [0.2, 0.25) is 0 Å². The summed E-state index contributed by atoms with van der Waals surface area (Å²) in [5.41, 5.74) is -11.7. The highest BCUT2D eigenvalue weighted by molar-refractivity contribution is 8.00. The van der Waals surface area contributed by atoms with E-state index in [9.17, 15) is 72.5 Å². The molecule has 2 atom stereocenters. The molecular formula is C40H36F12N2O6S2. The zero-order valence-corrected chi connectivity index (χ0v) is 34.1. The fourth-order valence-corrected chi connectivity index (χ4v) is 9.05. The van der Waals surface area contributed by atoms with Gasteiger partial charge in [-0.25, -0.2) is 0 Å². The number of carbonyl (C=O) groups excluding carboxylic acids is 2. The van der Waals surface area contributed by atoms with E-state index in [1.807, 2.05) is 0 Å². The Morgan fingerprint density at radius 2 is 1.15 bits per heavy atom. The Morgan fingerprint density at radius 3 is 1.56 bits per heavy atom. The molecule has 6 rings (SSSR count). The standard InChI is InChI=1S/C22H21F6NO3S.C18H15F6NO3S/c1-3-16-12-29(19(30)10-13-5-4-6-15(9-13)32-2)17-8-7-14(11-18(17)33-16)20(31,21(23,24)25)22(26,27)28;1-2-11-9-25(15(26)13-4-3-7-28-13)12-6-5-10(8-14(12)29-11)16(27,17(19,20)21)18(22,23)24/h4-9,11,16,31H,3,10,12H2,1-2H3;3-8,11,27H,2,9H2,1H3. The molecule has 0 saturated heterocycles. The van der Waals surface area contributed by atoms with Gasteiger partial charge in [0.2, 0.25) is 5.91 Å². The van der Waals surface area contributed by atoms with Gasteiger partial charge in [-0.05, 0) is 66.9 Å². The molecule has 2 aliphatic heterocycles. The van der Waals surface area contributed by atoms with E-state index in [1.165, 1.54) is 35.3 Å². The number of hydrogen-bond acceptors (Lipinski definition) is 8. The third-order valence-corrected chi connectivity index (χ3v) is 12.8. The van der Waals surface area contributed by atoms with Gasteiger partial charge in [0.05, 0.1) is 31.2 Å². The fraction of sp³-hybridized carbons (Fsp3) is 0.400. The summed E-state index contributed by atoms with van der Waals surface area (Å²) in [6.45, 7) is 4.04. The lowest BCUT2D eigenvalue weighted by atomic mass is 9.92. The number of halogens is 12. The van der Waals surface area contributed by atoms with Crippen molar-refractivity contribution in [3.8, 4) is 5.75 Å². The molecule has 22 heteroatoms. The monoisotopic (exact) mass is 932 g/mol. The van der Waals surface area contributed by atoms with Crippen molar-refractivity contribution in [2.45, 2.75) is 89.3 Å². The molecule has 0 aliphatic carbocycles. The quantitative estimate of drug-likeness (QED) is 0.168.